The molecular weight excluding hydrogens is 833 g/mol. The molecule has 1 N–H and O–H groups in total. The quantitative estimate of drug-likeness (QED) is 0.0912. The zero-order valence-corrected chi connectivity index (χ0v) is 31.6. The van der Waals surface area contributed by atoms with E-state index in [-0.39, 0.29) is 13.0 Å². The second-order valence-electron chi connectivity index (χ2n) is 9.88. The fraction of sp³-hybridized carbons (Fsp3) is 0.826. The Morgan fingerprint density at radius 1 is 0.870 bits per heavy atom. The van der Waals surface area contributed by atoms with Gasteiger partial charge in [0.2, 0.25) is 19.8 Å². The fourth-order valence-electron chi connectivity index (χ4n) is 4.38. The summed E-state index contributed by atoms with van der Waals surface area (Å²) in [6.07, 6.45) is -6.76. The van der Waals surface area contributed by atoms with Crippen LogP contribution in [-0.2, 0) is 38.0 Å². The molecule has 23 heteroatoms. The van der Waals surface area contributed by atoms with Gasteiger partial charge in [-0.2, -0.15) is 0 Å². The number of hydrogen-bond acceptors (Lipinski definition) is 11. The van der Waals surface area contributed by atoms with E-state index in [1.165, 1.54) is 19.0 Å². The number of ether oxygens (including phenoxy) is 7. The zero-order chi connectivity index (χ0) is 35.2. The summed E-state index contributed by atoms with van der Waals surface area (Å²) >= 11 is 57.2. The van der Waals surface area contributed by atoms with Crippen molar-refractivity contribution >= 4 is 140 Å². The minimum Gasteiger partial charge on any atom is -0.456 e. The lowest BCUT2D eigenvalue weighted by Gasteiger charge is -2.46. The first-order valence-corrected chi connectivity index (χ1v) is 16.9. The molecule has 2 aliphatic rings. The highest BCUT2D eigenvalue weighted by Gasteiger charge is 2.51. The van der Waals surface area contributed by atoms with Gasteiger partial charge in [-0.15, -0.1) is 11.6 Å². The Hall–Kier alpha value is 0.260. The van der Waals surface area contributed by atoms with Gasteiger partial charge in [0.15, 0.2) is 12.4 Å². The smallest absolute Gasteiger partial charge is 0.410 e. The number of carbonyl (C=O) groups is 3. The summed E-state index contributed by atoms with van der Waals surface area (Å²) in [5.41, 5.74) is 0. The standard InChI is InChI=1S/C23H29Cl10N3O10/c1-10-11(35(2)19(38)41-8-21(25,26)27)4-5-14(43-10)44-12-7-40-17(46-18(34)23(31,32)33)15(16(12)45-13(37)6-24)36(3)20(39)42-9-22(28,29)30/h10-12,14-17,34H,4-9H2,1-3H3/t10-,11+,12-,14+,15-,16+,17+/m1/s1. The minimum atomic E-state index is -2.32. The lowest BCUT2D eigenvalue weighted by atomic mass is 9.99. The van der Waals surface area contributed by atoms with Crippen molar-refractivity contribution in [1.29, 1.82) is 5.41 Å². The first-order valence-electron chi connectivity index (χ1n) is 13.0. The molecule has 0 aromatic rings. The molecule has 2 aliphatic heterocycles. The predicted octanol–water partition coefficient (Wildman–Crippen LogP) is 6.38. The number of alkyl halides is 10. The number of likely N-dealkylation sites (N-methyl/N-ethyl adjacent to an activating group) is 2. The third-order valence-corrected chi connectivity index (χ3v) is 7.83. The van der Waals surface area contributed by atoms with Gasteiger partial charge in [-0.1, -0.05) is 104 Å². The molecule has 0 aromatic heterocycles. The highest BCUT2D eigenvalue weighted by Crippen LogP contribution is 2.34. The molecule has 0 bridgehead atoms. The molecule has 2 saturated heterocycles. The van der Waals surface area contributed by atoms with E-state index in [2.05, 4.69) is 0 Å². The average Bonchev–Trinajstić information content (AvgIpc) is 2.93. The summed E-state index contributed by atoms with van der Waals surface area (Å²) in [5, 5.41) is 8.02. The number of carbonyl (C=O) groups excluding carboxylic acids is 3. The maximum atomic E-state index is 13.0. The predicted molar refractivity (Wildman–Crippen MR) is 174 cm³/mol. The van der Waals surface area contributed by atoms with Crippen LogP contribution in [0.25, 0.3) is 0 Å². The van der Waals surface area contributed by atoms with E-state index < -0.39 is 97.5 Å². The average molecular weight is 862 g/mol. The maximum Gasteiger partial charge on any atom is 0.410 e. The van der Waals surface area contributed by atoms with Crippen LogP contribution in [-0.4, -0.2) is 128 Å². The lowest BCUT2D eigenvalue weighted by Crippen LogP contribution is -2.64. The third-order valence-electron chi connectivity index (χ3n) is 6.45. The van der Waals surface area contributed by atoms with Crippen LogP contribution in [0, 0.1) is 5.41 Å². The Balaban J connectivity index is 2.28. The van der Waals surface area contributed by atoms with Crippen LogP contribution in [0.3, 0.4) is 0 Å². The van der Waals surface area contributed by atoms with Crippen molar-refractivity contribution in [3.8, 4) is 0 Å². The number of nitrogens with one attached hydrogen (secondary N) is 1. The molecule has 0 saturated carbocycles. The summed E-state index contributed by atoms with van der Waals surface area (Å²) in [6.45, 7) is 0.257. The van der Waals surface area contributed by atoms with Crippen LogP contribution in [0.2, 0.25) is 0 Å². The highest BCUT2D eigenvalue weighted by molar-refractivity contribution is 6.76. The lowest BCUT2D eigenvalue weighted by molar-refractivity contribution is -0.288. The number of halogens is 10. The molecule has 0 aromatic carbocycles. The van der Waals surface area contributed by atoms with Crippen LogP contribution in [0.4, 0.5) is 9.59 Å². The Kier molecular flexibility index (Phi) is 16.6. The van der Waals surface area contributed by atoms with E-state index in [0.29, 0.717) is 6.42 Å². The Labute approximate surface area is 314 Å². The van der Waals surface area contributed by atoms with Crippen LogP contribution < -0.4 is 0 Å². The monoisotopic (exact) mass is 857 g/mol. The second kappa shape index (κ2) is 18.0. The van der Waals surface area contributed by atoms with Crippen molar-refractivity contribution in [1.82, 2.24) is 9.80 Å². The third kappa shape index (κ3) is 13.5. The van der Waals surface area contributed by atoms with E-state index in [9.17, 15) is 14.4 Å². The minimum absolute atomic E-state index is 0.243. The van der Waals surface area contributed by atoms with Gasteiger partial charge < -0.3 is 38.1 Å². The van der Waals surface area contributed by atoms with Crippen molar-refractivity contribution < 1.29 is 47.5 Å². The topological polar surface area (TPSA) is 146 Å². The summed E-state index contributed by atoms with van der Waals surface area (Å²) < 4.78 is 33.0. The van der Waals surface area contributed by atoms with Gasteiger partial charge in [-0.25, -0.2) is 9.59 Å². The van der Waals surface area contributed by atoms with Crippen molar-refractivity contribution in [3.05, 3.63) is 0 Å². The van der Waals surface area contributed by atoms with Crippen molar-refractivity contribution in [2.45, 2.75) is 74.1 Å². The molecule has 7 atom stereocenters. The summed E-state index contributed by atoms with van der Waals surface area (Å²) in [5.74, 6) is -2.35. The van der Waals surface area contributed by atoms with E-state index >= 15 is 0 Å². The highest BCUT2D eigenvalue weighted by atomic mass is 35.6. The number of hydrogen-bond donors (Lipinski definition) is 1. The molecule has 2 fully saturated rings. The van der Waals surface area contributed by atoms with Crippen molar-refractivity contribution in [2.24, 2.45) is 0 Å². The first-order chi connectivity index (χ1) is 21.0. The summed E-state index contributed by atoms with van der Waals surface area (Å²) in [6, 6.07) is -1.86. The van der Waals surface area contributed by atoms with E-state index in [1.807, 2.05) is 0 Å². The molecular formula is C23H29Cl10N3O10. The fourth-order valence-corrected chi connectivity index (χ4v) is 4.91. The van der Waals surface area contributed by atoms with Crippen molar-refractivity contribution in [2.75, 3.05) is 39.8 Å². The maximum absolute atomic E-state index is 13.0. The normalized spacial score (nSPS) is 27.3. The van der Waals surface area contributed by atoms with E-state index in [0.717, 1.165) is 4.90 Å². The summed E-state index contributed by atoms with van der Waals surface area (Å²) in [7, 11) is 2.73. The first kappa shape index (κ1) is 42.4. The number of esters is 1. The van der Waals surface area contributed by atoms with E-state index in [1.54, 1.807) is 6.92 Å². The second-order valence-corrected chi connectivity index (χ2v) is 17.5. The Morgan fingerprint density at radius 2 is 1.41 bits per heavy atom. The SMILES string of the molecule is C[C@H]1O[C@@H](O[C@@H]2CO[C@@H](OC(=N)C(Cl)(Cl)Cl)[C@H](N(C)C(=O)OCC(Cl)(Cl)Cl)[C@H]2OC(=O)CCl)CC[C@@H]1N(C)C(=O)OCC(Cl)(Cl)Cl. The van der Waals surface area contributed by atoms with E-state index in [4.69, 9.17) is 155 Å². The van der Waals surface area contributed by atoms with Gasteiger partial charge in [-0.3, -0.25) is 15.1 Å². The van der Waals surface area contributed by atoms with Gasteiger partial charge in [0.05, 0.1) is 18.8 Å². The molecule has 46 heavy (non-hydrogen) atoms. The van der Waals surface area contributed by atoms with Crippen LogP contribution in [0.15, 0.2) is 0 Å². The Morgan fingerprint density at radius 3 is 1.89 bits per heavy atom. The molecule has 2 rings (SSSR count). The molecule has 0 aliphatic carbocycles. The van der Waals surface area contributed by atoms with Gasteiger partial charge in [-0.05, 0) is 13.3 Å². The molecule has 266 valence electrons. The number of amides is 2. The van der Waals surface area contributed by atoms with Gasteiger partial charge in [0.25, 0.3) is 3.79 Å². The van der Waals surface area contributed by atoms with Gasteiger partial charge in [0.1, 0.15) is 31.2 Å². The molecule has 2 amide bonds. The Bertz CT molecular complexity index is 1080. The zero-order valence-electron chi connectivity index (χ0n) is 24.0. The molecule has 0 spiro atoms. The molecule has 0 radical (unpaired) electrons. The molecule has 13 nitrogen and oxygen atoms in total. The van der Waals surface area contributed by atoms with Crippen LogP contribution in [0.1, 0.15) is 19.8 Å². The van der Waals surface area contributed by atoms with Crippen molar-refractivity contribution in [3.63, 3.8) is 0 Å². The number of nitrogens with zero attached hydrogens (tertiary/aromatic N) is 2. The van der Waals surface area contributed by atoms with Crippen LogP contribution in [0.5, 0.6) is 0 Å². The number of rotatable bonds is 9. The largest absolute Gasteiger partial charge is 0.456 e. The molecule has 0 unspecified atom stereocenters. The van der Waals surface area contributed by atoms with Gasteiger partial charge >= 0.3 is 18.2 Å². The summed E-state index contributed by atoms with van der Waals surface area (Å²) in [4.78, 5) is 40.2. The van der Waals surface area contributed by atoms with Gasteiger partial charge in [0, 0.05) is 20.5 Å². The van der Waals surface area contributed by atoms with Crippen LogP contribution >= 0.6 is 116 Å². The molecule has 2 heterocycles.